The second-order valence-electron chi connectivity index (χ2n) is 10.5. The molecule has 1 N–H and O–H groups in total. The predicted octanol–water partition coefficient (Wildman–Crippen LogP) is 8.15. The Morgan fingerprint density at radius 1 is 0.811 bits per heavy atom. The highest BCUT2D eigenvalue weighted by Gasteiger charge is 2.38. The van der Waals surface area contributed by atoms with Crippen molar-refractivity contribution < 1.29 is 28.7 Å². The molecule has 0 aromatic rings. The topological polar surface area (TPSA) is 82.1 Å². The lowest BCUT2D eigenvalue weighted by Crippen LogP contribution is -2.39. The van der Waals surface area contributed by atoms with E-state index in [1.165, 1.54) is 102 Å². The molecule has 0 aliphatic heterocycles. The summed E-state index contributed by atoms with van der Waals surface area (Å²) in [6, 6.07) is 0. The first-order valence-electron chi connectivity index (χ1n) is 15.1. The van der Waals surface area contributed by atoms with Crippen LogP contribution in [0.25, 0.3) is 0 Å². The fraction of sp³-hybridized carbons (Fsp3) is 0.966. The number of hydrogen-bond acceptors (Lipinski definition) is 7. The highest BCUT2D eigenvalue weighted by atomic mass is 32.2. The molecular weight excluding hydrogens is 507 g/mol. The molecule has 4 unspecified atom stereocenters. The largest absolute Gasteiger partial charge is 0.459 e. The van der Waals surface area contributed by atoms with E-state index in [0.29, 0.717) is 18.3 Å². The molecule has 0 bridgehead atoms. The first kappa shape index (κ1) is 36.9. The zero-order valence-electron chi connectivity index (χ0n) is 24.6. The molecule has 4 atom stereocenters. The lowest BCUT2D eigenvalue weighted by atomic mass is 10.1. The molecule has 0 amide bonds. The first-order valence-corrected chi connectivity index (χ1v) is 17.2. The summed E-state index contributed by atoms with van der Waals surface area (Å²) in [5.74, 6) is 0.196. The van der Waals surface area contributed by atoms with Crippen LogP contribution in [0.4, 0.5) is 0 Å². The number of esters is 1. The average Bonchev–Trinajstić information content (AvgIpc) is 2.87. The van der Waals surface area contributed by atoms with Gasteiger partial charge in [0.05, 0.1) is 18.8 Å². The van der Waals surface area contributed by atoms with Crippen LogP contribution in [0.1, 0.15) is 137 Å². The van der Waals surface area contributed by atoms with E-state index in [1.54, 1.807) is 13.8 Å². The van der Waals surface area contributed by atoms with E-state index in [1.807, 2.05) is 0 Å². The summed E-state index contributed by atoms with van der Waals surface area (Å²) >= 11 is 2.05. The monoisotopic (exact) mass is 566 g/mol. The van der Waals surface area contributed by atoms with Crippen LogP contribution in [0.3, 0.4) is 0 Å². The molecule has 6 nitrogen and oxygen atoms in total. The summed E-state index contributed by atoms with van der Waals surface area (Å²) in [4.78, 5) is 12.0. The van der Waals surface area contributed by atoms with Crippen LogP contribution in [0.15, 0.2) is 0 Å². The van der Waals surface area contributed by atoms with Crippen LogP contribution in [-0.4, -0.2) is 53.0 Å². The summed E-state index contributed by atoms with van der Waals surface area (Å²) in [6.45, 7) is 10.6. The number of thioether (sulfide) groups is 1. The fourth-order valence-corrected chi connectivity index (χ4v) is 5.86. The van der Waals surface area contributed by atoms with Crippen LogP contribution >= 0.6 is 20.2 Å². The summed E-state index contributed by atoms with van der Waals surface area (Å²) in [6.07, 6.45) is 20.0. The van der Waals surface area contributed by atoms with Crippen LogP contribution in [0.2, 0.25) is 0 Å². The second-order valence-corrected chi connectivity index (χ2v) is 12.9. The van der Waals surface area contributed by atoms with Gasteiger partial charge in [0.25, 0.3) is 0 Å². The smallest absolute Gasteiger partial charge is 0.374 e. The van der Waals surface area contributed by atoms with Crippen molar-refractivity contribution in [3.63, 3.8) is 0 Å². The molecule has 0 aromatic carbocycles. The molecule has 0 radical (unpaired) electrons. The highest BCUT2D eigenvalue weighted by molar-refractivity contribution is 7.99. The van der Waals surface area contributed by atoms with Crippen molar-refractivity contribution in [2.45, 2.75) is 160 Å². The van der Waals surface area contributed by atoms with Crippen LogP contribution < -0.4 is 0 Å². The number of hydrogen-bond donors (Lipinski definition) is 1. The Morgan fingerprint density at radius 3 is 1.89 bits per heavy atom. The van der Waals surface area contributed by atoms with Crippen molar-refractivity contribution in [2.24, 2.45) is 0 Å². The fourth-order valence-electron chi connectivity index (χ4n) is 4.15. The normalized spacial score (nSPS) is 15.3. The summed E-state index contributed by atoms with van der Waals surface area (Å²) in [5, 5.41) is 10.7. The Morgan fingerprint density at radius 2 is 1.35 bits per heavy atom. The lowest BCUT2D eigenvalue weighted by molar-refractivity contribution is -0.199. The number of carbonyl (C=O) groups is 1. The van der Waals surface area contributed by atoms with Gasteiger partial charge in [-0.15, -0.1) is 0 Å². The minimum atomic E-state index is -2.34. The Kier molecular flexibility index (Phi) is 24.9. The third-order valence-electron chi connectivity index (χ3n) is 6.48. The Bertz CT molecular complexity index is 550. The van der Waals surface area contributed by atoms with Gasteiger partial charge in [0.1, 0.15) is 8.46 Å². The van der Waals surface area contributed by atoms with Gasteiger partial charge in [0.15, 0.2) is 0 Å². The summed E-state index contributed by atoms with van der Waals surface area (Å²) in [5.41, 5.74) is -2.34. The Labute approximate surface area is 233 Å². The number of unbranched alkanes of at least 4 members (excludes halogenated alkanes) is 12. The van der Waals surface area contributed by atoms with E-state index in [2.05, 4.69) is 32.5 Å². The van der Waals surface area contributed by atoms with Gasteiger partial charge in [-0.2, -0.15) is 11.8 Å². The second kappa shape index (κ2) is 24.9. The van der Waals surface area contributed by atoms with Crippen LogP contribution in [0.5, 0.6) is 0 Å². The van der Waals surface area contributed by atoms with Gasteiger partial charge < -0.3 is 23.9 Å². The summed E-state index contributed by atoms with van der Waals surface area (Å²) in [7, 11) is -1.87. The van der Waals surface area contributed by atoms with E-state index in [4.69, 9.17) is 14.2 Å². The number of ether oxygens (including phenoxy) is 3. The van der Waals surface area contributed by atoms with Crippen molar-refractivity contribution >= 4 is 26.2 Å². The molecule has 0 aliphatic rings. The minimum absolute atomic E-state index is 0.0823. The first-order chi connectivity index (χ1) is 17.8. The number of rotatable bonds is 27. The van der Waals surface area contributed by atoms with E-state index < -0.39 is 26.1 Å². The third-order valence-corrected chi connectivity index (χ3v) is 8.78. The van der Waals surface area contributed by atoms with Gasteiger partial charge in [-0.25, -0.2) is 4.79 Å². The van der Waals surface area contributed by atoms with Gasteiger partial charge in [0.2, 0.25) is 0 Å². The maximum absolute atomic E-state index is 12.0. The third kappa shape index (κ3) is 20.5. The molecule has 0 aliphatic carbocycles. The van der Waals surface area contributed by atoms with E-state index in [9.17, 15) is 14.5 Å². The Balaban J connectivity index is 4.34. The SMILES string of the molecule is CCCCCCCCCCCSC(CCCCCCC)C(C)OCCCOC(O)([PH2]=O)C(=O)OC(C)C. The number of aliphatic hydroxyl groups is 1. The molecule has 0 spiro atoms. The molecule has 0 rings (SSSR count). The van der Waals surface area contributed by atoms with Crippen molar-refractivity contribution in [2.75, 3.05) is 19.0 Å². The van der Waals surface area contributed by atoms with E-state index in [0.717, 1.165) is 0 Å². The molecule has 37 heavy (non-hydrogen) atoms. The minimum Gasteiger partial charge on any atom is -0.459 e. The van der Waals surface area contributed by atoms with Crippen LogP contribution in [0, 0.1) is 0 Å². The van der Waals surface area contributed by atoms with Crippen LogP contribution in [-0.2, 0) is 23.6 Å². The zero-order chi connectivity index (χ0) is 27.8. The maximum atomic E-state index is 12.0. The van der Waals surface area contributed by atoms with Gasteiger partial charge in [-0.3, -0.25) is 0 Å². The van der Waals surface area contributed by atoms with Gasteiger partial charge in [-0.05, 0) is 45.8 Å². The number of carbonyl (C=O) groups excluding carboxylic acids is 1. The summed E-state index contributed by atoms with van der Waals surface area (Å²) < 4.78 is 27.7. The molecular formula is C29H59O6PS. The molecule has 0 fully saturated rings. The molecule has 8 heteroatoms. The van der Waals surface area contributed by atoms with Crippen molar-refractivity contribution in [1.82, 2.24) is 0 Å². The van der Waals surface area contributed by atoms with E-state index in [-0.39, 0.29) is 12.7 Å². The quantitative estimate of drug-likeness (QED) is 0.0465. The molecule has 0 saturated heterocycles. The van der Waals surface area contributed by atoms with Gasteiger partial charge in [-0.1, -0.05) is 97.3 Å². The molecule has 0 heterocycles. The van der Waals surface area contributed by atoms with Crippen molar-refractivity contribution in [3.8, 4) is 0 Å². The van der Waals surface area contributed by atoms with E-state index >= 15 is 0 Å². The highest BCUT2D eigenvalue weighted by Crippen LogP contribution is 2.26. The lowest BCUT2D eigenvalue weighted by Gasteiger charge is -2.25. The van der Waals surface area contributed by atoms with Crippen molar-refractivity contribution in [1.29, 1.82) is 0 Å². The van der Waals surface area contributed by atoms with Crippen molar-refractivity contribution in [3.05, 3.63) is 0 Å². The molecule has 0 aromatic heterocycles. The zero-order valence-corrected chi connectivity index (χ0v) is 26.6. The maximum Gasteiger partial charge on any atom is 0.374 e. The molecule has 222 valence electrons. The standard InChI is InChI=1S/C29H59O6PS/c1-6-8-10-12-13-14-15-17-19-24-37-27(21-18-16-11-9-7-2)26(5)33-22-20-23-34-29(31,36-32)28(30)35-25(3)4/h25-27,31H,6-24,36H2,1-5H3. The average molecular weight is 567 g/mol. The molecule has 0 saturated carbocycles. The predicted molar refractivity (Wildman–Crippen MR) is 159 cm³/mol. The van der Waals surface area contributed by atoms with Gasteiger partial charge in [0, 0.05) is 11.9 Å². The van der Waals surface area contributed by atoms with Gasteiger partial charge >= 0.3 is 11.5 Å². The Hall–Kier alpha value is -0.0700.